The van der Waals surface area contributed by atoms with Crippen LogP contribution in [0.2, 0.25) is 5.02 Å². The van der Waals surface area contributed by atoms with Crippen molar-refractivity contribution in [2.75, 3.05) is 44.8 Å². The number of carbonyl (C=O) groups excluding carboxylic acids is 1. The van der Waals surface area contributed by atoms with E-state index in [0.29, 0.717) is 28.6 Å². The lowest BCUT2D eigenvalue weighted by atomic mass is 10.0. The number of nitrogens with zero attached hydrogens (tertiary/aromatic N) is 4. The van der Waals surface area contributed by atoms with Crippen LogP contribution in [0, 0.1) is 0 Å². The van der Waals surface area contributed by atoms with E-state index in [1.54, 1.807) is 24.0 Å². The number of oxime groups is 1. The lowest BCUT2D eigenvalue weighted by Crippen LogP contribution is -2.38. The van der Waals surface area contributed by atoms with Gasteiger partial charge in [-0.1, -0.05) is 59.2 Å². The number of fused-ring (bicyclic) bond motifs is 1. The summed E-state index contributed by atoms with van der Waals surface area (Å²) in [6, 6.07) is 21.2. The third-order valence-corrected chi connectivity index (χ3v) is 8.75. The number of pyridine rings is 1. The monoisotopic (exact) mass is 659 g/mol. The highest BCUT2D eigenvalue weighted by Gasteiger charge is 2.28. The molecule has 0 aliphatic carbocycles. The van der Waals surface area contributed by atoms with Gasteiger partial charge in [-0.05, 0) is 24.3 Å². The van der Waals surface area contributed by atoms with Gasteiger partial charge in [-0.25, -0.2) is 0 Å². The van der Waals surface area contributed by atoms with Crippen LogP contribution in [0.1, 0.15) is 38.1 Å². The minimum absolute atomic E-state index is 0. The number of amides is 1. The Labute approximate surface area is 272 Å². The molecule has 4 aromatic rings. The van der Waals surface area contributed by atoms with E-state index in [2.05, 4.69) is 31.0 Å². The number of hydrogen-bond donors (Lipinski definition) is 1. The molecule has 0 saturated carbocycles. The predicted octanol–water partition coefficient (Wildman–Crippen LogP) is 6.53. The van der Waals surface area contributed by atoms with Crippen molar-refractivity contribution in [3.8, 4) is 0 Å². The number of anilines is 1. The molecule has 1 fully saturated rings. The van der Waals surface area contributed by atoms with E-state index in [4.69, 9.17) is 21.2 Å². The van der Waals surface area contributed by atoms with Crippen LogP contribution >= 0.6 is 48.2 Å². The minimum Gasteiger partial charge on any atom is -0.394 e. The Hall–Kier alpha value is -3.05. The number of benzene rings is 2. The average Bonchev–Trinajstić information content (AvgIpc) is 3.63. The highest BCUT2D eigenvalue weighted by atomic mass is 35.5. The Bertz CT molecular complexity index is 1530. The second-order valence-electron chi connectivity index (χ2n) is 9.78. The van der Waals surface area contributed by atoms with E-state index >= 15 is 0 Å². The molecule has 1 saturated heterocycles. The van der Waals surface area contributed by atoms with Crippen LogP contribution in [0.4, 0.5) is 5.69 Å². The zero-order valence-electron chi connectivity index (χ0n) is 23.2. The first-order valence-corrected chi connectivity index (χ1v) is 15.0. The SMILES string of the molecule is Cl.Cl.O=C(Nc1cc(/C(=N/OCCN2CCOCC2)c2ccccc2)ccc1Cl)c1ccn2c1CSC2c1cccnc1. The summed E-state index contributed by atoms with van der Waals surface area (Å²) in [7, 11) is 0. The molecule has 2 aliphatic heterocycles. The van der Waals surface area contributed by atoms with Crippen molar-refractivity contribution in [2.24, 2.45) is 5.16 Å². The fraction of sp³-hybridized carbons (Fsp3) is 0.258. The molecule has 8 nitrogen and oxygen atoms in total. The van der Waals surface area contributed by atoms with Gasteiger partial charge in [0.1, 0.15) is 17.7 Å². The van der Waals surface area contributed by atoms with Crippen molar-refractivity contribution in [1.82, 2.24) is 14.5 Å². The van der Waals surface area contributed by atoms with Crippen molar-refractivity contribution >= 4 is 65.5 Å². The lowest BCUT2D eigenvalue weighted by Gasteiger charge is -2.25. The summed E-state index contributed by atoms with van der Waals surface area (Å²) in [4.78, 5) is 25.8. The molecule has 4 heterocycles. The quantitative estimate of drug-likeness (QED) is 0.125. The number of halogens is 3. The summed E-state index contributed by atoms with van der Waals surface area (Å²) in [5.41, 5.74) is 5.59. The van der Waals surface area contributed by atoms with E-state index in [0.717, 1.165) is 61.0 Å². The van der Waals surface area contributed by atoms with Crippen LogP contribution < -0.4 is 5.32 Å². The number of thioether (sulfide) groups is 1. The maximum absolute atomic E-state index is 13.5. The Kier molecular flexibility index (Phi) is 11.9. The first kappa shape index (κ1) is 32.9. The normalized spacial score (nSPS) is 16.5. The molecule has 226 valence electrons. The summed E-state index contributed by atoms with van der Waals surface area (Å²) in [5.74, 6) is 0.528. The van der Waals surface area contributed by atoms with Gasteiger partial charge < -0.3 is 19.5 Å². The number of aromatic nitrogens is 2. The van der Waals surface area contributed by atoms with Crippen molar-refractivity contribution in [1.29, 1.82) is 0 Å². The zero-order valence-corrected chi connectivity index (χ0v) is 26.4. The third-order valence-electron chi connectivity index (χ3n) is 7.16. The van der Waals surface area contributed by atoms with Crippen LogP contribution in [0.3, 0.4) is 0 Å². The molecule has 1 N–H and O–H groups in total. The molecule has 12 heteroatoms. The van der Waals surface area contributed by atoms with E-state index < -0.39 is 0 Å². The zero-order chi connectivity index (χ0) is 28.0. The van der Waals surface area contributed by atoms with Gasteiger partial charge in [-0.2, -0.15) is 0 Å². The molecule has 0 bridgehead atoms. The largest absolute Gasteiger partial charge is 0.394 e. The maximum Gasteiger partial charge on any atom is 0.257 e. The lowest BCUT2D eigenvalue weighted by molar-refractivity contribution is 0.0212. The van der Waals surface area contributed by atoms with Gasteiger partial charge in [0.15, 0.2) is 0 Å². The summed E-state index contributed by atoms with van der Waals surface area (Å²) >= 11 is 8.34. The summed E-state index contributed by atoms with van der Waals surface area (Å²) in [6.45, 7) is 4.52. The van der Waals surface area contributed by atoms with E-state index in [1.807, 2.05) is 67.0 Å². The molecule has 2 aromatic carbocycles. The van der Waals surface area contributed by atoms with Crippen LogP contribution in [0.5, 0.6) is 0 Å². The number of hydrogen-bond acceptors (Lipinski definition) is 7. The van der Waals surface area contributed by atoms with Crippen LogP contribution in [-0.2, 0) is 15.3 Å². The smallest absolute Gasteiger partial charge is 0.257 e. The number of carbonyl (C=O) groups is 1. The van der Waals surface area contributed by atoms with Crippen molar-refractivity contribution in [2.45, 2.75) is 11.1 Å². The molecular formula is C31H32Cl3N5O3S. The average molecular weight is 661 g/mol. The predicted molar refractivity (Wildman–Crippen MR) is 177 cm³/mol. The van der Waals surface area contributed by atoms with Crippen LogP contribution in [0.25, 0.3) is 0 Å². The Morgan fingerprint density at radius 2 is 1.88 bits per heavy atom. The fourth-order valence-electron chi connectivity index (χ4n) is 5.01. The van der Waals surface area contributed by atoms with Gasteiger partial charge >= 0.3 is 0 Å². The molecule has 2 aliphatic rings. The van der Waals surface area contributed by atoms with Gasteiger partial charge in [0, 0.05) is 66.4 Å². The van der Waals surface area contributed by atoms with E-state index in [9.17, 15) is 4.79 Å². The molecule has 1 unspecified atom stereocenters. The number of nitrogens with one attached hydrogen (secondary N) is 1. The first-order chi connectivity index (χ1) is 20.2. The Morgan fingerprint density at radius 3 is 2.65 bits per heavy atom. The molecule has 6 rings (SSSR count). The summed E-state index contributed by atoms with van der Waals surface area (Å²) in [6.07, 6.45) is 5.60. The van der Waals surface area contributed by atoms with E-state index in [-0.39, 0.29) is 36.1 Å². The number of morpholine rings is 1. The molecule has 1 atom stereocenters. The van der Waals surface area contributed by atoms with E-state index in [1.165, 1.54) is 0 Å². The van der Waals surface area contributed by atoms with Crippen LogP contribution in [0.15, 0.2) is 90.5 Å². The molecule has 1 amide bonds. The fourth-order valence-corrected chi connectivity index (χ4v) is 6.48. The van der Waals surface area contributed by atoms with Crippen molar-refractivity contribution in [3.63, 3.8) is 0 Å². The van der Waals surface area contributed by atoms with Crippen molar-refractivity contribution < 1.29 is 14.4 Å². The molecule has 43 heavy (non-hydrogen) atoms. The number of rotatable bonds is 9. The van der Waals surface area contributed by atoms with Crippen molar-refractivity contribution in [3.05, 3.63) is 118 Å². The second-order valence-corrected chi connectivity index (χ2v) is 11.3. The Balaban J connectivity index is 0.00000212. The van der Waals surface area contributed by atoms with Crippen LogP contribution in [-0.4, -0.2) is 65.5 Å². The molecule has 2 aromatic heterocycles. The van der Waals surface area contributed by atoms with Gasteiger partial charge in [0.25, 0.3) is 5.91 Å². The highest BCUT2D eigenvalue weighted by molar-refractivity contribution is 7.99. The second kappa shape index (κ2) is 15.6. The standard InChI is InChI=1S/C31H30ClN5O3S.2ClH/c32-26-9-8-23(29(22-5-2-1-3-6-22)35-40-18-15-36-13-16-39-17-14-36)19-27(26)34-30(38)25-10-12-37-28(25)21-41-31(37)24-7-4-11-33-20-24;;/h1-12,19-20,31H,13-18,21H2,(H,34,38);2*1H/b35-29+;;. The topological polar surface area (TPSA) is 81.0 Å². The van der Waals surface area contributed by atoms with Gasteiger partial charge in [-0.3, -0.25) is 14.7 Å². The minimum atomic E-state index is -0.204. The molecule has 0 spiro atoms. The van der Waals surface area contributed by atoms with Gasteiger partial charge in [-0.15, -0.1) is 36.6 Å². The molecule has 0 radical (unpaired) electrons. The summed E-state index contributed by atoms with van der Waals surface area (Å²) < 4.78 is 7.56. The highest BCUT2D eigenvalue weighted by Crippen LogP contribution is 2.42. The maximum atomic E-state index is 13.5. The summed E-state index contributed by atoms with van der Waals surface area (Å²) in [5, 5.41) is 8.10. The van der Waals surface area contributed by atoms with Gasteiger partial charge in [0.2, 0.25) is 0 Å². The number of ether oxygens (including phenoxy) is 1. The molecular weight excluding hydrogens is 629 g/mol. The first-order valence-electron chi connectivity index (χ1n) is 13.6. The third kappa shape index (κ3) is 7.73. The van der Waals surface area contributed by atoms with Gasteiger partial charge in [0.05, 0.1) is 29.5 Å². The Morgan fingerprint density at radius 1 is 1.07 bits per heavy atom.